The van der Waals surface area contributed by atoms with E-state index in [1.54, 1.807) is 30.9 Å². The summed E-state index contributed by atoms with van der Waals surface area (Å²) in [6.45, 7) is 10.00. The number of rotatable bonds is 15. The molecule has 2 N–H and O–H groups in total. The van der Waals surface area contributed by atoms with Crippen molar-refractivity contribution < 1.29 is 37.7 Å². The number of halogens is 1. The van der Waals surface area contributed by atoms with Crippen LogP contribution in [0.25, 0.3) is 0 Å². The first-order chi connectivity index (χ1) is 21.6. The summed E-state index contributed by atoms with van der Waals surface area (Å²) in [4.78, 5) is 15.3. The fraction of sp³-hybridized carbons (Fsp3) is 0.606. The van der Waals surface area contributed by atoms with Crippen LogP contribution < -0.4 is 0 Å². The maximum absolute atomic E-state index is 10.4. The molecule has 2 aliphatic heterocycles. The van der Waals surface area contributed by atoms with Crippen LogP contribution in [0.1, 0.15) is 65.8 Å². The molecule has 0 atom stereocenters. The van der Waals surface area contributed by atoms with Gasteiger partial charge in [-0.15, -0.1) is 0 Å². The minimum Gasteiger partial charge on any atom is -0.481 e. The van der Waals surface area contributed by atoms with Gasteiger partial charge in [-0.05, 0) is 98.1 Å². The van der Waals surface area contributed by atoms with E-state index < -0.39 is 0 Å². The lowest BCUT2D eigenvalue weighted by Crippen LogP contribution is -2.36. The normalized spacial score (nSPS) is 15.7. The zero-order chi connectivity index (χ0) is 31.2. The maximum Gasteiger partial charge on any atom is 0.281 e. The van der Waals surface area contributed by atoms with Gasteiger partial charge >= 0.3 is 0 Å². The third kappa shape index (κ3) is 15.6. The summed E-state index contributed by atoms with van der Waals surface area (Å²) in [7, 11) is 0. The Kier molecular flexibility index (Phi) is 18.3. The van der Waals surface area contributed by atoms with Crippen molar-refractivity contribution in [1.82, 2.24) is 9.80 Å². The zero-order valence-corrected chi connectivity index (χ0v) is 28.0. The van der Waals surface area contributed by atoms with Crippen LogP contribution >= 0.6 is 22.6 Å². The Morgan fingerprint density at radius 1 is 0.636 bits per heavy atom. The number of carbonyl (C=O) groups is 1. The van der Waals surface area contributed by atoms with Crippen LogP contribution in [0.15, 0.2) is 50.2 Å². The second kappa shape index (κ2) is 22.2. The summed E-state index contributed by atoms with van der Waals surface area (Å²) in [6, 6.07) is 5.18. The third-order valence-electron chi connectivity index (χ3n) is 7.51. The molecule has 44 heavy (non-hydrogen) atoms. The van der Waals surface area contributed by atoms with Crippen molar-refractivity contribution in [1.29, 1.82) is 0 Å². The molecule has 0 aromatic carbocycles. The predicted octanol–water partition coefficient (Wildman–Crippen LogP) is 6.13. The SMILES string of the molecule is O=Cc1cc(CCCCN2CCOCC2)co1.Oc1cc(CCCCI)co1.Oc1cc(CCCCN2CCOCC2)co1. The largest absolute Gasteiger partial charge is 0.481 e. The minimum absolute atomic E-state index is 0.0168. The first-order valence-corrected chi connectivity index (χ1v) is 17.3. The maximum atomic E-state index is 10.4. The molecular formula is C33H49IN2O8. The second-order valence-electron chi connectivity index (χ2n) is 11.0. The number of aromatic hydroxyl groups is 2. The van der Waals surface area contributed by atoms with E-state index in [0.29, 0.717) is 5.76 Å². The Morgan fingerprint density at radius 3 is 1.45 bits per heavy atom. The molecular weight excluding hydrogens is 679 g/mol. The number of furan rings is 3. The second-order valence-corrected chi connectivity index (χ2v) is 12.1. The van der Waals surface area contributed by atoms with Crippen LogP contribution in [0, 0.1) is 0 Å². The van der Waals surface area contributed by atoms with Gasteiger partial charge in [-0.2, -0.15) is 0 Å². The lowest BCUT2D eigenvalue weighted by atomic mass is 10.1. The molecule has 5 heterocycles. The molecule has 0 unspecified atom stereocenters. The molecule has 11 heteroatoms. The van der Waals surface area contributed by atoms with E-state index in [4.69, 9.17) is 32.9 Å². The molecule has 10 nitrogen and oxygen atoms in total. The fourth-order valence-corrected chi connectivity index (χ4v) is 5.52. The van der Waals surface area contributed by atoms with Gasteiger partial charge in [0.2, 0.25) is 0 Å². The molecule has 0 spiro atoms. The number of morpholine rings is 2. The van der Waals surface area contributed by atoms with Crippen molar-refractivity contribution >= 4 is 28.9 Å². The van der Waals surface area contributed by atoms with E-state index in [9.17, 15) is 4.79 Å². The van der Waals surface area contributed by atoms with Gasteiger partial charge in [0.15, 0.2) is 12.0 Å². The smallest absolute Gasteiger partial charge is 0.281 e. The van der Waals surface area contributed by atoms with Gasteiger partial charge in [-0.3, -0.25) is 14.6 Å². The van der Waals surface area contributed by atoms with Crippen molar-refractivity contribution in [3.8, 4) is 11.9 Å². The zero-order valence-electron chi connectivity index (χ0n) is 25.8. The summed E-state index contributed by atoms with van der Waals surface area (Å²) >= 11 is 2.36. The van der Waals surface area contributed by atoms with Gasteiger partial charge in [0.05, 0.1) is 45.2 Å². The monoisotopic (exact) mass is 728 g/mol. The summed E-state index contributed by atoms with van der Waals surface area (Å²) in [5.41, 5.74) is 3.29. The molecule has 0 amide bonds. The minimum atomic E-state index is 0.0168. The van der Waals surface area contributed by atoms with Gasteiger partial charge < -0.3 is 32.9 Å². The van der Waals surface area contributed by atoms with Crippen LogP contribution in [-0.4, -0.2) is 96.4 Å². The first kappa shape index (κ1) is 36.2. The number of aldehydes is 1. The van der Waals surface area contributed by atoms with E-state index in [1.165, 1.54) is 30.1 Å². The molecule has 5 rings (SSSR count). The fourth-order valence-electron chi connectivity index (χ4n) is 4.98. The summed E-state index contributed by atoms with van der Waals surface area (Å²) in [6.07, 6.45) is 15.7. The van der Waals surface area contributed by atoms with Gasteiger partial charge in [0, 0.05) is 38.3 Å². The Labute approximate surface area is 274 Å². The number of carbonyl (C=O) groups excluding carboxylic acids is 1. The number of hydrogen-bond acceptors (Lipinski definition) is 10. The molecule has 3 aromatic rings. The highest BCUT2D eigenvalue weighted by Crippen LogP contribution is 2.17. The third-order valence-corrected chi connectivity index (χ3v) is 8.27. The van der Waals surface area contributed by atoms with Crippen LogP contribution in [0.4, 0.5) is 0 Å². The molecule has 3 aromatic heterocycles. The molecule has 0 radical (unpaired) electrons. The molecule has 2 aliphatic rings. The van der Waals surface area contributed by atoms with Crippen LogP contribution in [0.2, 0.25) is 0 Å². The van der Waals surface area contributed by atoms with Gasteiger partial charge in [0.1, 0.15) is 0 Å². The van der Waals surface area contributed by atoms with E-state index >= 15 is 0 Å². The molecule has 2 saturated heterocycles. The van der Waals surface area contributed by atoms with E-state index in [2.05, 4.69) is 32.4 Å². The highest BCUT2D eigenvalue weighted by Gasteiger charge is 2.10. The van der Waals surface area contributed by atoms with Gasteiger partial charge in [0.25, 0.3) is 11.9 Å². The molecule has 0 saturated carbocycles. The van der Waals surface area contributed by atoms with Crippen molar-refractivity contribution in [2.45, 2.75) is 57.8 Å². The Bertz CT molecular complexity index is 1130. The van der Waals surface area contributed by atoms with Gasteiger partial charge in [-0.1, -0.05) is 22.6 Å². The van der Waals surface area contributed by atoms with Crippen LogP contribution in [-0.2, 0) is 28.7 Å². The van der Waals surface area contributed by atoms with E-state index in [0.717, 1.165) is 121 Å². The average molecular weight is 729 g/mol. The average Bonchev–Trinajstić information content (AvgIpc) is 3.81. The van der Waals surface area contributed by atoms with Crippen molar-refractivity contribution in [2.24, 2.45) is 0 Å². The number of unbranched alkanes of at least 4 members (excludes halogenated alkanes) is 3. The number of aryl methyl sites for hydroxylation is 3. The van der Waals surface area contributed by atoms with Crippen LogP contribution in [0.5, 0.6) is 11.9 Å². The molecule has 0 aliphatic carbocycles. The van der Waals surface area contributed by atoms with Crippen molar-refractivity contribution in [3.05, 3.63) is 59.4 Å². The van der Waals surface area contributed by atoms with Crippen molar-refractivity contribution in [2.75, 3.05) is 70.1 Å². The van der Waals surface area contributed by atoms with E-state index in [-0.39, 0.29) is 11.9 Å². The number of alkyl halides is 1. The van der Waals surface area contributed by atoms with Crippen LogP contribution in [0.3, 0.4) is 0 Å². The Morgan fingerprint density at radius 2 is 1.07 bits per heavy atom. The molecule has 0 bridgehead atoms. The summed E-state index contributed by atoms with van der Waals surface area (Å²) in [5, 5.41) is 17.9. The summed E-state index contributed by atoms with van der Waals surface area (Å²) < 4.78 is 26.5. The lowest BCUT2D eigenvalue weighted by molar-refractivity contribution is 0.0371. The quantitative estimate of drug-likeness (QED) is 0.0819. The highest BCUT2D eigenvalue weighted by molar-refractivity contribution is 14.1. The van der Waals surface area contributed by atoms with Gasteiger partial charge in [-0.25, -0.2) is 0 Å². The molecule has 246 valence electrons. The summed E-state index contributed by atoms with van der Waals surface area (Å²) in [5.74, 6) is 0.464. The lowest BCUT2D eigenvalue weighted by Gasteiger charge is -2.26. The Balaban J connectivity index is 0.000000185. The Hall–Kier alpha value is -2.32. The number of hydrogen-bond donors (Lipinski definition) is 2. The van der Waals surface area contributed by atoms with Crippen molar-refractivity contribution in [3.63, 3.8) is 0 Å². The number of nitrogens with zero attached hydrogens (tertiary/aromatic N) is 2. The highest BCUT2D eigenvalue weighted by atomic mass is 127. The van der Waals surface area contributed by atoms with E-state index in [1.807, 2.05) is 6.07 Å². The topological polar surface area (TPSA) is 122 Å². The molecule has 2 fully saturated rings. The first-order valence-electron chi connectivity index (χ1n) is 15.8. The number of ether oxygens (including phenoxy) is 2. The predicted molar refractivity (Wildman–Crippen MR) is 177 cm³/mol. The standard InChI is InChI=1S/C13H19NO3.C12H19NO3.C8H11IO2/c15-10-13-9-12(11-17-13)3-1-2-4-14-5-7-16-8-6-14;14-12-9-11(10-16-12)3-1-2-4-13-5-7-15-8-6-13;9-4-2-1-3-7-5-8(10)11-6-7/h9-11H,1-8H2;9-10,14H,1-8H2;5-6,10H,1-4H2.